The third-order valence-corrected chi connectivity index (χ3v) is 6.63. The van der Waals surface area contributed by atoms with Gasteiger partial charge in [0.1, 0.15) is 0 Å². The number of benzene rings is 1. The number of carboxylic acids is 1. The minimum atomic E-state index is -0.792. The Bertz CT molecular complexity index is 924. The maximum Gasteiger partial charge on any atom is 0.316 e. The van der Waals surface area contributed by atoms with Crippen LogP contribution in [0.4, 0.5) is 17.1 Å². The van der Waals surface area contributed by atoms with E-state index in [0.717, 1.165) is 61.6 Å². The zero-order chi connectivity index (χ0) is 22.6. The van der Waals surface area contributed by atoms with Crippen LogP contribution in [0.5, 0.6) is 6.01 Å². The van der Waals surface area contributed by atoms with Crippen LogP contribution in [-0.4, -0.2) is 53.5 Å². The summed E-state index contributed by atoms with van der Waals surface area (Å²) >= 11 is 0. The first-order valence-corrected chi connectivity index (χ1v) is 11.5. The van der Waals surface area contributed by atoms with Crippen LogP contribution in [-0.2, 0) is 14.9 Å². The van der Waals surface area contributed by atoms with Crippen LogP contribution in [0.2, 0.25) is 0 Å². The van der Waals surface area contributed by atoms with Crippen molar-refractivity contribution in [3.63, 3.8) is 0 Å². The molecule has 1 saturated heterocycles. The summed E-state index contributed by atoms with van der Waals surface area (Å²) in [6, 6.07) is 6.78. The Balaban J connectivity index is 1.70. The molecular formula is C24H32N4O4. The maximum atomic E-state index is 12.1. The summed E-state index contributed by atoms with van der Waals surface area (Å²) in [5, 5.41) is 13.4. The van der Waals surface area contributed by atoms with Crippen molar-refractivity contribution in [3.05, 3.63) is 36.2 Å². The van der Waals surface area contributed by atoms with Gasteiger partial charge in [0.2, 0.25) is 0 Å². The molecule has 0 bridgehead atoms. The second kappa shape index (κ2) is 9.73. The molecule has 2 N–H and O–H groups in total. The van der Waals surface area contributed by atoms with Gasteiger partial charge in [0, 0.05) is 25.8 Å². The average Bonchev–Trinajstić information content (AvgIpc) is 2.77. The molecule has 8 heteroatoms. The van der Waals surface area contributed by atoms with E-state index in [0.29, 0.717) is 31.5 Å². The fraction of sp³-hybridized carbons (Fsp3) is 0.542. The van der Waals surface area contributed by atoms with E-state index in [4.69, 9.17) is 9.47 Å². The molecule has 0 radical (unpaired) electrons. The molecule has 0 amide bonds. The van der Waals surface area contributed by atoms with Crippen molar-refractivity contribution in [2.75, 3.05) is 36.6 Å². The summed E-state index contributed by atoms with van der Waals surface area (Å²) in [4.78, 5) is 23.0. The lowest BCUT2D eigenvalue weighted by Crippen LogP contribution is -2.42. The lowest BCUT2D eigenvalue weighted by Gasteiger charge is -2.40. The van der Waals surface area contributed by atoms with E-state index < -0.39 is 11.4 Å². The number of ether oxygens (including phenoxy) is 2. The molecule has 0 atom stereocenters. The van der Waals surface area contributed by atoms with Gasteiger partial charge in [-0.1, -0.05) is 12.5 Å². The van der Waals surface area contributed by atoms with Crippen molar-refractivity contribution >= 4 is 23.0 Å². The smallest absolute Gasteiger partial charge is 0.316 e. The predicted octanol–water partition coefficient (Wildman–Crippen LogP) is 4.13. The number of nitrogens with zero attached hydrogens (tertiary/aromatic N) is 3. The first kappa shape index (κ1) is 22.3. The molecule has 0 unspecified atom stereocenters. The van der Waals surface area contributed by atoms with Crippen LogP contribution in [0.1, 0.15) is 51.5 Å². The first-order valence-electron chi connectivity index (χ1n) is 11.5. The lowest BCUT2D eigenvalue weighted by atomic mass is 9.64. The van der Waals surface area contributed by atoms with E-state index in [-0.39, 0.29) is 0 Å². The molecule has 2 heterocycles. The van der Waals surface area contributed by atoms with Crippen molar-refractivity contribution in [1.29, 1.82) is 0 Å². The van der Waals surface area contributed by atoms with E-state index >= 15 is 0 Å². The Hall–Kier alpha value is -2.87. The van der Waals surface area contributed by atoms with E-state index in [9.17, 15) is 9.90 Å². The minimum absolute atomic E-state index is 0.337. The van der Waals surface area contributed by atoms with Crippen molar-refractivity contribution < 1.29 is 19.4 Å². The van der Waals surface area contributed by atoms with Gasteiger partial charge in [0.05, 0.1) is 41.5 Å². The van der Waals surface area contributed by atoms with Gasteiger partial charge in [-0.2, -0.15) is 0 Å². The second-order valence-electron chi connectivity index (χ2n) is 8.41. The van der Waals surface area contributed by atoms with Crippen LogP contribution < -0.4 is 15.0 Å². The van der Waals surface area contributed by atoms with Gasteiger partial charge in [-0.25, -0.2) is 9.97 Å². The molecule has 1 aromatic carbocycles. The van der Waals surface area contributed by atoms with Gasteiger partial charge in [0.15, 0.2) is 0 Å². The summed E-state index contributed by atoms with van der Waals surface area (Å²) < 4.78 is 10.9. The summed E-state index contributed by atoms with van der Waals surface area (Å²) in [7, 11) is 0. The van der Waals surface area contributed by atoms with E-state index in [1.54, 1.807) is 12.4 Å². The van der Waals surface area contributed by atoms with Crippen LogP contribution in [0.25, 0.3) is 0 Å². The Morgan fingerprint density at radius 1 is 1.25 bits per heavy atom. The van der Waals surface area contributed by atoms with Gasteiger partial charge in [-0.3, -0.25) is 4.79 Å². The molecule has 32 heavy (non-hydrogen) atoms. The Morgan fingerprint density at radius 2 is 1.97 bits per heavy atom. The highest BCUT2D eigenvalue weighted by Crippen LogP contribution is 2.46. The zero-order valence-electron chi connectivity index (χ0n) is 18.8. The summed E-state index contributed by atoms with van der Waals surface area (Å²) in [6.45, 7) is 6.92. The number of anilines is 3. The largest absolute Gasteiger partial charge is 0.481 e. The van der Waals surface area contributed by atoms with Gasteiger partial charge < -0.3 is 24.8 Å². The molecule has 2 aliphatic rings. The molecule has 0 spiro atoms. The SMILES string of the molecule is CCOc1ncc(Nc2cc(C3(C(=O)O)CCC3)ccc2N(CC)C2CCOCC2)cn1. The highest BCUT2D eigenvalue weighted by atomic mass is 16.5. The van der Waals surface area contributed by atoms with E-state index in [1.807, 2.05) is 19.1 Å². The average molecular weight is 441 g/mol. The monoisotopic (exact) mass is 440 g/mol. The van der Waals surface area contributed by atoms with E-state index in [1.165, 1.54) is 0 Å². The zero-order valence-corrected chi connectivity index (χ0v) is 18.8. The second-order valence-corrected chi connectivity index (χ2v) is 8.41. The third kappa shape index (κ3) is 4.37. The summed E-state index contributed by atoms with van der Waals surface area (Å²) in [6.07, 6.45) is 7.60. The first-order chi connectivity index (χ1) is 15.6. The fourth-order valence-corrected chi connectivity index (χ4v) is 4.70. The Labute approximate surface area is 189 Å². The highest BCUT2D eigenvalue weighted by molar-refractivity contribution is 5.85. The Kier molecular flexibility index (Phi) is 6.79. The molecule has 4 rings (SSSR count). The van der Waals surface area contributed by atoms with Crippen molar-refractivity contribution in [2.45, 2.75) is 57.4 Å². The number of hydrogen-bond acceptors (Lipinski definition) is 7. The quantitative estimate of drug-likeness (QED) is 0.601. The molecule has 1 saturated carbocycles. The van der Waals surface area contributed by atoms with E-state index in [2.05, 4.69) is 33.2 Å². The lowest BCUT2D eigenvalue weighted by molar-refractivity contribution is -0.147. The molecular weight excluding hydrogens is 408 g/mol. The summed E-state index contributed by atoms with van der Waals surface area (Å²) in [5.41, 5.74) is 2.71. The number of aliphatic carboxylic acids is 1. The molecule has 1 aliphatic heterocycles. The number of aromatic nitrogens is 2. The van der Waals surface area contributed by atoms with Gasteiger partial charge >= 0.3 is 12.0 Å². The fourth-order valence-electron chi connectivity index (χ4n) is 4.70. The Morgan fingerprint density at radius 3 is 2.53 bits per heavy atom. The maximum absolute atomic E-state index is 12.1. The summed E-state index contributed by atoms with van der Waals surface area (Å²) in [5.74, 6) is -0.747. The van der Waals surface area contributed by atoms with Crippen molar-refractivity contribution in [1.82, 2.24) is 9.97 Å². The topological polar surface area (TPSA) is 96.8 Å². The number of rotatable bonds is 9. The third-order valence-electron chi connectivity index (χ3n) is 6.63. The standard InChI is InChI=1S/C24H32N4O4/c1-3-28(19-8-12-31-13-9-19)21-7-6-17(24(22(29)30)10-5-11-24)14-20(21)27-18-15-25-23(26-16-18)32-4-2/h6-7,14-16,19,27H,3-5,8-13H2,1-2H3,(H,29,30). The minimum Gasteiger partial charge on any atom is -0.481 e. The molecule has 2 fully saturated rings. The number of hydrogen-bond donors (Lipinski definition) is 2. The van der Waals surface area contributed by atoms with Gasteiger partial charge in [-0.05, 0) is 57.2 Å². The number of carbonyl (C=O) groups is 1. The van der Waals surface area contributed by atoms with Crippen LogP contribution in [0, 0.1) is 0 Å². The highest BCUT2D eigenvalue weighted by Gasteiger charge is 2.46. The normalized spacial score (nSPS) is 17.9. The van der Waals surface area contributed by atoms with Crippen LogP contribution >= 0.6 is 0 Å². The van der Waals surface area contributed by atoms with Crippen molar-refractivity contribution in [3.8, 4) is 6.01 Å². The molecule has 172 valence electrons. The molecule has 8 nitrogen and oxygen atoms in total. The number of carboxylic acid groups (broad SMARTS) is 1. The molecule has 1 aromatic heterocycles. The number of nitrogens with one attached hydrogen (secondary N) is 1. The van der Waals surface area contributed by atoms with Gasteiger partial charge in [0.25, 0.3) is 0 Å². The van der Waals surface area contributed by atoms with Crippen LogP contribution in [0.15, 0.2) is 30.6 Å². The molecule has 2 aromatic rings. The predicted molar refractivity (Wildman–Crippen MR) is 123 cm³/mol. The van der Waals surface area contributed by atoms with Crippen molar-refractivity contribution in [2.24, 2.45) is 0 Å². The van der Waals surface area contributed by atoms with Gasteiger partial charge in [-0.15, -0.1) is 0 Å². The molecule has 1 aliphatic carbocycles. The van der Waals surface area contributed by atoms with Crippen LogP contribution in [0.3, 0.4) is 0 Å².